The minimum absolute atomic E-state index is 0.0166. The minimum Gasteiger partial charge on any atom is -0.461 e. The maximum Gasteiger partial charge on any atom is 0.410 e. The van der Waals surface area contributed by atoms with Crippen molar-refractivity contribution in [3.63, 3.8) is 0 Å². The molecule has 0 aromatic carbocycles. The number of nitrogens with zero attached hydrogens (tertiary/aromatic N) is 3. The number of aromatic amines is 1. The second-order valence-electron chi connectivity index (χ2n) is 6.82. The number of aromatic nitrogens is 2. The van der Waals surface area contributed by atoms with Gasteiger partial charge in [-0.1, -0.05) is 12.2 Å². The number of nitrogens with one attached hydrogen (secondary N) is 1. The number of ether oxygens (including phenoxy) is 2. The maximum atomic E-state index is 12.1. The Morgan fingerprint density at radius 1 is 1.27 bits per heavy atom. The van der Waals surface area contributed by atoms with Crippen LogP contribution < -0.4 is 10.6 Å². The van der Waals surface area contributed by atoms with Gasteiger partial charge in [0.1, 0.15) is 16.3 Å². The van der Waals surface area contributed by atoms with E-state index in [0.29, 0.717) is 32.1 Å². The second-order valence-corrected chi connectivity index (χ2v) is 7.26. The van der Waals surface area contributed by atoms with Gasteiger partial charge in [0.05, 0.1) is 6.61 Å². The first-order valence-electron chi connectivity index (χ1n) is 8.42. The summed E-state index contributed by atoms with van der Waals surface area (Å²) < 4.78 is 10.4. The summed E-state index contributed by atoms with van der Waals surface area (Å²) in [4.78, 5) is 35.0. The Morgan fingerprint density at radius 3 is 2.38 bits per heavy atom. The van der Waals surface area contributed by atoms with Crippen molar-refractivity contribution >= 4 is 35.2 Å². The highest BCUT2D eigenvalue weighted by Crippen LogP contribution is 2.18. The molecule has 1 fully saturated rings. The zero-order valence-electron chi connectivity index (χ0n) is 15.5. The fourth-order valence-corrected chi connectivity index (χ4v) is 2.61. The van der Waals surface area contributed by atoms with Crippen molar-refractivity contribution in [2.45, 2.75) is 33.3 Å². The summed E-state index contributed by atoms with van der Waals surface area (Å²) >= 11 is 4.97. The third-order valence-corrected chi connectivity index (χ3v) is 3.83. The van der Waals surface area contributed by atoms with Gasteiger partial charge in [-0.25, -0.2) is 14.6 Å². The van der Waals surface area contributed by atoms with Gasteiger partial charge in [-0.05, 0) is 27.7 Å². The van der Waals surface area contributed by atoms with E-state index in [1.807, 2.05) is 25.7 Å². The van der Waals surface area contributed by atoms with Crippen LogP contribution in [0.25, 0.3) is 0 Å². The summed E-state index contributed by atoms with van der Waals surface area (Å²) in [6.07, 6.45) is -0.340. The van der Waals surface area contributed by atoms with Gasteiger partial charge >= 0.3 is 12.1 Å². The van der Waals surface area contributed by atoms with E-state index < -0.39 is 11.6 Å². The Kier molecular flexibility index (Phi) is 6.06. The fraction of sp³-hybridized carbons (Fsp3) is 0.625. The summed E-state index contributed by atoms with van der Waals surface area (Å²) in [5.41, 5.74) is 5.49. The van der Waals surface area contributed by atoms with Crippen LogP contribution in [-0.4, -0.2) is 70.3 Å². The van der Waals surface area contributed by atoms with Crippen LogP contribution in [0.15, 0.2) is 0 Å². The third kappa shape index (κ3) is 4.84. The SMILES string of the molecule is CCOC(=O)c1[nH]c(N2CCN(C(=O)OC(C)(C)C)CC2)nc1C(N)=S. The number of carbonyl (C=O) groups is 2. The van der Waals surface area contributed by atoms with Crippen LogP contribution in [0.4, 0.5) is 10.7 Å². The van der Waals surface area contributed by atoms with Crippen LogP contribution in [0.5, 0.6) is 0 Å². The van der Waals surface area contributed by atoms with Crippen molar-refractivity contribution in [3.05, 3.63) is 11.4 Å². The average Bonchev–Trinajstić information content (AvgIpc) is 2.99. The molecule has 2 rings (SSSR count). The molecule has 0 bridgehead atoms. The molecule has 0 atom stereocenters. The molecule has 0 radical (unpaired) electrons. The van der Waals surface area contributed by atoms with Crippen LogP contribution in [0.1, 0.15) is 43.9 Å². The van der Waals surface area contributed by atoms with E-state index in [-0.39, 0.29) is 29.1 Å². The van der Waals surface area contributed by atoms with Crippen molar-refractivity contribution in [1.29, 1.82) is 0 Å². The molecule has 144 valence electrons. The number of anilines is 1. The molecular weight excluding hydrogens is 358 g/mol. The van der Waals surface area contributed by atoms with Crippen molar-refractivity contribution < 1.29 is 19.1 Å². The Hall–Kier alpha value is -2.36. The number of H-pyrrole nitrogens is 1. The molecule has 1 saturated heterocycles. The molecule has 0 spiro atoms. The number of nitrogens with two attached hydrogens (primary N) is 1. The number of piperazine rings is 1. The molecule has 9 nitrogen and oxygen atoms in total. The molecule has 1 aromatic rings. The molecule has 1 aromatic heterocycles. The lowest BCUT2D eigenvalue weighted by Crippen LogP contribution is -2.50. The minimum atomic E-state index is -0.554. The first kappa shape index (κ1) is 20.0. The van der Waals surface area contributed by atoms with Gasteiger partial charge in [0.15, 0.2) is 5.69 Å². The highest BCUT2D eigenvalue weighted by atomic mass is 32.1. The molecule has 1 aliphatic heterocycles. The van der Waals surface area contributed by atoms with Crippen molar-refractivity contribution in [2.24, 2.45) is 5.73 Å². The van der Waals surface area contributed by atoms with E-state index in [0.717, 1.165) is 0 Å². The first-order valence-corrected chi connectivity index (χ1v) is 8.83. The maximum absolute atomic E-state index is 12.1. The van der Waals surface area contributed by atoms with Crippen molar-refractivity contribution in [2.75, 3.05) is 37.7 Å². The van der Waals surface area contributed by atoms with Gasteiger partial charge in [-0.2, -0.15) is 0 Å². The number of hydrogen-bond acceptors (Lipinski definition) is 7. The number of rotatable bonds is 4. The second kappa shape index (κ2) is 7.90. The number of hydrogen-bond donors (Lipinski definition) is 2. The molecule has 0 saturated carbocycles. The fourth-order valence-electron chi connectivity index (χ4n) is 2.47. The Bertz CT molecular complexity index is 689. The van der Waals surface area contributed by atoms with E-state index in [2.05, 4.69) is 9.97 Å². The summed E-state index contributed by atoms with van der Waals surface area (Å²) in [6, 6.07) is 0. The summed E-state index contributed by atoms with van der Waals surface area (Å²) in [5.74, 6) is -0.0823. The molecule has 0 unspecified atom stereocenters. The number of amides is 1. The standard InChI is InChI=1S/C16H25N5O4S/c1-5-24-13(22)11-10(12(17)26)18-14(19-11)20-6-8-21(9-7-20)15(23)25-16(2,3)4/h5-9H2,1-4H3,(H2,17,26)(H,18,19). The van der Waals surface area contributed by atoms with Gasteiger partial charge in [0.25, 0.3) is 0 Å². The lowest BCUT2D eigenvalue weighted by atomic mass is 10.2. The Labute approximate surface area is 157 Å². The molecule has 10 heteroatoms. The van der Waals surface area contributed by atoms with Gasteiger partial charge in [-0.15, -0.1) is 0 Å². The molecule has 0 aliphatic carbocycles. The zero-order chi connectivity index (χ0) is 19.5. The normalized spacial score (nSPS) is 14.9. The molecule has 1 amide bonds. The zero-order valence-corrected chi connectivity index (χ0v) is 16.3. The lowest BCUT2D eigenvalue weighted by Gasteiger charge is -2.35. The molecule has 3 N–H and O–H groups in total. The number of esters is 1. The molecule has 26 heavy (non-hydrogen) atoms. The number of carbonyl (C=O) groups excluding carboxylic acids is 2. The van der Waals surface area contributed by atoms with Gasteiger partial charge in [-0.3, -0.25) is 0 Å². The smallest absolute Gasteiger partial charge is 0.410 e. The quantitative estimate of drug-likeness (QED) is 0.590. The predicted octanol–water partition coefficient (Wildman–Crippen LogP) is 1.28. The largest absolute Gasteiger partial charge is 0.461 e. The van der Waals surface area contributed by atoms with Gasteiger partial charge in [0, 0.05) is 26.2 Å². The van der Waals surface area contributed by atoms with E-state index in [9.17, 15) is 9.59 Å². The Morgan fingerprint density at radius 2 is 1.88 bits per heavy atom. The van der Waals surface area contributed by atoms with Crippen LogP contribution in [-0.2, 0) is 9.47 Å². The number of thiocarbonyl (C=S) groups is 1. The van der Waals surface area contributed by atoms with Crippen LogP contribution >= 0.6 is 12.2 Å². The van der Waals surface area contributed by atoms with E-state index in [4.69, 9.17) is 27.4 Å². The molecule has 1 aliphatic rings. The lowest BCUT2D eigenvalue weighted by molar-refractivity contribution is 0.0240. The number of imidazole rings is 1. The summed E-state index contributed by atoms with van der Waals surface area (Å²) in [6.45, 7) is 9.47. The van der Waals surface area contributed by atoms with E-state index >= 15 is 0 Å². The van der Waals surface area contributed by atoms with Crippen LogP contribution in [0, 0.1) is 0 Å². The topological polar surface area (TPSA) is 114 Å². The highest BCUT2D eigenvalue weighted by molar-refractivity contribution is 7.80. The summed E-state index contributed by atoms with van der Waals surface area (Å²) in [7, 11) is 0. The van der Waals surface area contributed by atoms with E-state index in [1.54, 1.807) is 11.8 Å². The Balaban J connectivity index is 2.07. The predicted molar refractivity (Wildman–Crippen MR) is 100 cm³/mol. The third-order valence-electron chi connectivity index (χ3n) is 3.64. The summed E-state index contributed by atoms with van der Waals surface area (Å²) in [5, 5.41) is 0. The van der Waals surface area contributed by atoms with Gasteiger partial charge in [0.2, 0.25) is 5.95 Å². The first-order chi connectivity index (χ1) is 12.1. The monoisotopic (exact) mass is 383 g/mol. The highest BCUT2D eigenvalue weighted by Gasteiger charge is 2.28. The molecule has 2 heterocycles. The van der Waals surface area contributed by atoms with Crippen molar-refractivity contribution in [3.8, 4) is 0 Å². The average molecular weight is 383 g/mol. The van der Waals surface area contributed by atoms with E-state index in [1.165, 1.54) is 0 Å². The van der Waals surface area contributed by atoms with Crippen LogP contribution in [0.3, 0.4) is 0 Å². The van der Waals surface area contributed by atoms with Crippen molar-refractivity contribution in [1.82, 2.24) is 14.9 Å². The van der Waals surface area contributed by atoms with Crippen LogP contribution in [0.2, 0.25) is 0 Å². The van der Waals surface area contributed by atoms with Gasteiger partial charge < -0.3 is 30.0 Å². The molecular formula is C16H25N5O4S.